The van der Waals surface area contributed by atoms with E-state index in [9.17, 15) is 18.0 Å². The van der Waals surface area contributed by atoms with E-state index >= 15 is 0 Å². The van der Waals surface area contributed by atoms with E-state index in [0.717, 1.165) is 17.3 Å². The zero-order chi connectivity index (χ0) is 17.7. The van der Waals surface area contributed by atoms with Crippen LogP contribution in [0.2, 0.25) is 0 Å². The van der Waals surface area contributed by atoms with E-state index in [4.69, 9.17) is 4.74 Å². The molecule has 1 aromatic carbocycles. The first-order valence-corrected chi connectivity index (χ1v) is 8.88. The lowest BCUT2D eigenvalue weighted by Crippen LogP contribution is -2.32. The number of rotatable bonds is 6. The van der Waals surface area contributed by atoms with Gasteiger partial charge < -0.3 is 9.64 Å². The Balaban J connectivity index is 1.97. The van der Waals surface area contributed by atoms with E-state index in [-0.39, 0.29) is 23.0 Å². The molecule has 2 rings (SSSR count). The van der Waals surface area contributed by atoms with Crippen LogP contribution in [-0.4, -0.2) is 63.5 Å². The molecular weight excluding hydrogens is 336 g/mol. The predicted molar refractivity (Wildman–Crippen MR) is 84.5 cm³/mol. The van der Waals surface area contributed by atoms with E-state index in [0.29, 0.717) is 13.1 Å². The third-order valence-corrected chi connectivity index (χ3v) is 5.46. The Bertz CT molecular complexity index is 695. The summed E-state index contributed by atoms with van der Waals surface area (Å²) in [5.74, 6) is -0.895. The van der Waals surface area contributed by atoms with Crippen molar-refractivity contribution < 1.29 is 27.6 Å². The summed E-state index contributed by atoms with van der Waals surface area (Å²) in [6, 6.07) is 5.23. The molecule has 1 fully saturated rings. The van der Waals surface area contributed by atoms with Crippen LogP contribution in [0.5, 0.6) is 0 Å². The average Bonchev–Trinajstić information content (AvgIpc) is 3.13. The van der Waals surface area contributed by atoms with Crippen LogP contribution in [0.4, 0.5) is 0 Å². The zero-order valence-electron chi connectivity index (χ0n) is 13.6. The summed E-state index contributed by atoms with van der Waals surface area (Å²) >= 11 is 0. The van der Waals surface area contributed by atoms with Crippen molar-refractivity contribution in [2.45, 2.75) is 17.7 Å². The van der Waals surface area contributed by atoms with Gasteiger partial charge >= 0.3 is 5.97 Å². The summed E-state index contributed by atoms with van der Waals surface area (Å²) in [4.78, 5) is 30.1. The first-order chi connectivity index (χ1) is 11.4. The Morgan fingerprint density at radius 1 is 1.17 bits per heavy atom. The number of hydroxylamine groups is 1. The molecule has 1 aliphatic heterocycles. The molecule has 1 saturated heterocycles. The van der Waals surface area contributed by atoms with Gasteiger partial charge in [-0.3, -0.25) is 9.63 Å². The number of hydrogen-bond donors (Lipinski definition) is 0. The maximum atomic E-state index is 12.0. The fourth-order valence-corrected chi connectivity index (χ4v) is 3.25. The molecule has 0 radical (unpaired) electrons. The van der Waals surface area contributed by atoms with Gasteiger partial charge in [0.15, 0.2) is 6.61 Å². The molecule has 0 unspecified atom stereocenters. The zero-order valence-corrected chi connectivity index (χ0v) is 14.4. The average molecular weight is 356 g/mol. The molecule has 0 spiro atoms. The molecule has 132 valence electrons. The Kier molecular flexibility index (Phi) is 5.92. The monoisotopic (exact) mass is 356 g/mol. The van der Waals surface area contributed by atoms with Crippen molar-refractivity contribution >= 4 is 21.9 Å². The first-order valence-electron chi connectivity index (χ1n) is 7.44. The number of nitrogens with zero attached hydrogens (tertiary/aromatic N) is 2. The number of carbonyl (C=O) groups is 2. The molecule has 0 bridgehead atoms. The normalized spacial score (nSPS) is 14.9. The number of hydrogen-bond acceptors (Lipinski definition) is 6. The molecule has 1 aromatic rings. The summed E-state index contributed by atoms with van der Waals surface area (Å²) in [5, 5.41) is 0. The largest absolute Gasteiger partial charge is 0.452 e. The van der Waals surface area contributed by atoms with Gasteiger partial charge in [-0.25, -0.2) is 13.2 Å². The highest BCUT2D eigenvalue weighted by molar-refractivity contribution is 7.89. The van der Waals surface area contributed by atoms with Gasteiger partial charge in [-0.15, -0.1) is 0 Å². The van der Waals surface area contributed by atoms with Gasteiger partial charge in [-0.2, -0.15) is 0 Å². The summed E-state index contributed by atoms with van der Waals surface area (Å²) in [7, 11) is -1.27. The van der Waals surface area contributed by atoms with E-state index in [2.05, 4.69) is 4.84 Å². The molecule has 24 heavy (non-hydrogen) atoms. The van der Waals surface area contributed by atoms with Crippen LogP contribution in [0.15, 0.2) is 29.2 Å². The van der Waals surface area contributed by atoms with Gasteiger partial charge in [0.05, 0.1) is 17.6 Å². The minimum atomic E-state index is -3.77. The van der Waals surface area contributed by atoms with Crippen molar-refractivity contribution in [2.75, 3.05) is 33.9 Å². The minimum Gasteiger partial charge on any atom is -0.452 e. The van der Waals surface area contributed by atoms with Gasteiger partial charge in [0, 0.05) is 20.1 Å². The molecule has 1 aliphatic rings. The summed E-state index contributed by atoms with van der Waals surface area (Å²) in [5.41, 5.74) is 0.170. The van der Waals surface area contributed by atoms with Crippen molar-refractivity contribution in [3.63, 3.8) is 0 Å². The summed E-state index contributed by atoms with van der Waals surface area (Å²) < 4.78 is 29.8. The van der Waals surface area contributed by atoms with E-state index < -0.39 is 16.0 Å². The van der Waals surface area contributed by atoms with Gasteiger partial charge in [0.2, 0.25) is 0 Å². The van der Waals surface area contributed by atoms with Gasteiger partial charge in [0.1, 0.15) is 0 Å². The van der Waals surface area contributed by atoms with Crippen LogP contribution in [-0.2, 0) is 24.4 Å². The molecular formula is C15H20N2O6S. The Hall–Kier alpha value is -1.97. The Labute approximate surface area is 140 Å². The van der Waals surface area contributed by atoms with Crippen LogP contribution in [0, 0.1) is 0 Å². The molecule has 0 aromatic heterocycles. The second-order valence-electron chi connectivity index (χ2n) is 5.29. The number of likely N-dealkylation sites (tertiary alicyclic amines) is 1. The SMILES string of the molecule is CON(C)S(=O)(=O)c1ccc(C(=O)OCC(=O)N2CCCC2)cc1. The van der Waals surface area contributed by atoms with Crippen LogP contribution in [0.25, 0.3) is 0 Å². The van der Waals surface area contributed by atoms with Crippen molar-refractivity contribution in [1.82, 2.24) is 9.37 Å². The molecule has 0 atom stereocenters. The number of ether oxygens (including phenoxy) is 1. The molecule has 1 heterocycles. The quantitative estimate of drug-likeness (QED) is 0.549. The maximum absolute atomic E-state index is 12.0. The van der Waals surface area contributed by atoms with Gasteiger partial charge in [-0.1, -0.05) is 4.47 Å². The van der Waals surface area contributed by atoms with Gasteiger partial charge in [0.25, 0.3) is 15.9 Å². The van der Waals surface area contributed by atoms with Crippen molar-refractivity contribution in [3.05, 3.63) is 29.8 Å². The molecule has 1 amide bonds. The number of esters is 1. The van der Waals surface area contributed by atoms with E-state index in [1.54, 1.807) is 4.90 Å². The van der Waals surface area contributed by atoms with E-state index in [1.807, 2.05) is 0 Å². The third-order valence-electron chi connectivity index (χ3n) is 3.77. The van der Waals surface area contributed by atoms with Crippen LogP contribution < -0.4 is 0 Å². The third kappa shape index (κ3) is 4.11. The van der Waals surface area contributed by atoms with Crippen LogP contribution in [0.3, 0.4) is 0 Å². The number of amides is 1. The molecule has 8 nitrogen and oxygen atoms in total. The summed E-state index contributed by atoms with van der Waals surface area (Å²) in [6.07, 6.45) is 1.93. The van der Waals surface area contributed by atoms with Crippen molar-refractivity contribution in [1.29, 1.82) is 0 Å². The first kappa shape index (κ1) is 18.4. The Morgan fingerprint density at radius 2 is 1.75 bits per heavy atom. The minimum absolute atomic E-state index is 0.0171. The molecule has 9 heteroatoms. The fourth-order valence-electron chi connectivity index (χ4n) is 2.28. The standard InChI is InChI=1S/C15H20N2O6S/c1-16(22-2)24(20,21)13-7-5-12(6-8-13)15(19)23-11-14(18)17-9-3-4-10-17/h5-8H,3-4,9-11H2,1-2H3. The highest BCUT2D eigenvalue weighted by Gasteiger charge is 2.22. The van der Waals surface area contributed by atoms with Crippen LogP contribution in [0.1, 0.15) is 23.2 Å². The number of sulfonamides is 1. The topological polar surface area (TPSA) is 93.2 Å². The van der Waals surface area contributed by atoms with Crippen molar-refractivity contribution in [2.24, 2.45) is 0 Å². The van der Waals surface area contributed by atoms with E-state index in [1.165, 1.54) is 38.4 Å². The molecule has 0 saturated carbocycles. The highest BCUT2D eigenvalue weighted by Crippen LogP contribution is 2.16. The van der Waals surface area contributed by atoms with Crippen LogP contribution >= 0.6 is 0 Å². The second-order valence-corrected chi connectivity index (χ2v) is 7.22. The lowest BCUT2D eigenvalue weighted by atomic mass is 10.2. The maximum Gasteiger partial charge on any atom is 0.338 e. The predicted octanol–water partition coefficient (Wildman–Crippen LogP) is 0.648. The number of carbonyl (C=O) groups excluding carboxylic acids is 2. The lowest BCUT2D eigenvalue weighted by Gasteiger charge is -2.15. The van der Waals surface area contributed by atoms with Crippen molar-refractivity contribution in [3.8, 4) is 0 Å². The Morgan fingerprint density at radius 3 is 2.29 bits per heavy atom. The molecule has 0 aliphatic carbocycles. The molecule has 0 N–H and O–H groups in total. The summed E-state index contributed by atoms with van der Waals surface area (Å²) in [6.45, 7) is 1.07. The second kappa shape index (κ2) is 7.73. The lowest BCUT2D eigenvalue weighted by molar-refractivity contribution is -0.133. The highest BCUT2D eigenvalue weighted by atomic mass is 32.2. The fraction of sp³-hybridized carbons (Fsp3) is 0.467. The van der Waals surface area contributed by atoms with Gasteiger partial charge in [-0.05, 0) is 37.1 Å². The smallest absolute Gasteiger partial charge is 0.338 e. The number of benzene rings is 1.